The van der Waals surface area contributed by atoms with E-state index in [0.29, 0.717) is 24.3 Å². The number of carboxylic acids is 1. The van der Waals surface area contributed by atoms with Crippen LogP contribution >= 0.6 is 0 Å². The van der Waals surface area contributed by atoms with Crippen LogP contribution in [0.4, 0.5) is 13.2 Å². The van der Waals surface area contributed by atoms with Crippen molar-refractivity contribution < 1.29 is 23.1 Å². The van der Waals surface area contributed by atoms with Crippen molar-refractivity contribution in [2.75, 3.05) is 0 Å². The number of carbonyl (C=O) groups is 1. The fraction of sp³-hybridized carbons (Fsp3) is 0.750. The average Bonchev–Trinajstić information content (AvgIpc) is 2.82. The van der Waals surface area contributed by atoms with Gasteiger partial charge in [-0.1, -0.05) is 77.6 Å². The maximum atomic E-state index is 14.2. The molecule has 3 rings (SSSR count). The fourth-order valence-corrected chi connectivity index (χ4v) is 6.68. The summed E-state index contributed by atoms with van der Waals surface area (Å²) in [4.78, 5) is 12.8. The summed E-state index contributed by atoms with van der Waals surface area (Å²) in [7, 11) is 0. The molecule has 33 heavy (non-hydrogen) atoms. The molecule has 1 unspecified atom stereocenters. The number of carboxylic acid groups (broad SMARTS) is 1. The molecule has 186 valence electrons. The van der Waals surface area contributed by atoms with Crippen LogP contribution in [-0.2, 0) is 4.79 Å². The first-order valence-electron chi connectivity index (χ1n) is 13.3. The lowest BCUT2D eigenvalue weighted by Gasteiger charge is -2.49. The summed E-state index contributed by atoms with van der Waals surface area (Å²) >= 11 is 0. The Labute approximate surface area is 197 Å². The van der Waals surface area contributed by atoms with Gasteiger partial charge in [-0.3, -0.25) is 4.79 Å². The summed E-state index contributed by atoms with van der Waals surface area (Å²) in [5, 5.41) is 10.5. The molecule has 1 aromatic carbocycles. The van der Waals surface area contributed by atoms with Crippen molar-refractivity contribution in [3.05, 3.63) is 35.1 Å². The number of aliphatic carboxylic acids is 1. The number of rotatable bonds is 11. The maximum absolute atomic E-state index is 14.2. The lowest BCUT2D eigenvalue weighted by molar-refractivity contribution is -0.159. The second kappa shape index (κ2) is 12.3. The Kier molecular flexibility index (Phi) is 9.69. The van der Waals surface area contributed by atoms with E-state index in [1.807, 2.05) is 0 Å². The van der Waals surface area contributed by atoms with Crippen LogP contribution in [0.15, 0.2) is 12.1 Å². The predicted octanol–water partition coefficient (Wildman–Crippen LogP) is 8.78. The van der Waals surface area contributed by atoms with Crippen LogP contribution in [-0.4, -0.2) is 11.1 Å². The van der Waals surface area contributed by atoms with Gasteiger partial charge < -0.3 is 5.11 Å². The molecule has 0 bridgehead atoms. The van der Waals surface area contributed by atoms with Gasteiger partial charge >= 0.3 is 5.97 Å². The van der Waals surface area contributed by atoms with E-state index in [0.717, 1.165) is 63.5 Å². The minimum atomic E-state index is -1.48. The average molecular weight is 467 g/mol. The quantitative estimate of drug-likeness (QED) is 0.261. The molecule has 2 fully saturated rings. The van der Waals surface area contributed by atoms with Gasteiger partial charge in [-0.15, -0.1) is 0 Å². The van der Waals surface area contributed by atoms with E-state index in [4.69, 9.17) is 0 Å². The molecule has 2 aliphatic carbocycles. The van der Waals surface area contributed by atoms with Gasteiger partial charge in [0.1, 0.15) is 0 Å². The highest BCUT2D eigenvalue weighted by atomic mass is 19.2. The third kappa shape index (κ3) is 6.14. The molecule has 0 aromatic heterocycles. The monoisotopic (exact) mass is 466 g/mol. The zero-order chi connectivity index (χ0) is 23.8. The largest absolute Gasteiger partial charge is 0.481 e. The molecule has 1 aromatic rings. The van der Waals surface area contributed by atoms with E-state index in [1.165, 1.54) is 38.5 Å². The van der Waals surface area contributed by atoms with Gasteiger partial charge in [0, 0.05) is 5.92 Å². The molecular formula is C28H41F3O2. The van der Waals surface area contributed by atoms with Gasteiger partial charge in [0.15, 0.2) is 17.5 Å². The molecule has 2 nitrogen and oxygen atoms in total. The molecule has 1 N–H and O–H groups in total. The van der Waals surface area contributed by atoms with E-state index in [1.54, 1.807) is 0 Å². The van der Waals surface area contributed by atoms with E-state index in [2.05, 4.69) is 6.92 Å². The van der Waals surface area contributed by atoms with Crippen molar-refractivity contribution in [1.29, 1.82) is 0 Å². The van der Waals surface area contributed by atoms with Crippen LogP contribution in [0.3, 0.4) is 0 Å². The molecule has 2 saturated carbocycles. The van der Waals surface area contributed by atoms with Crippen molar-refractivity contribution in [3.63, 3.8) is 0 Å². The molecule has 3 atom stereocenters. The van der Waals surface area contributed by atoms with Crippen LogP contribution in [0.25, 0.3) is 0 Å². The highest BCUT2D eigenvalue weighted by Gasteiger charge is 2.54. The summed E-state index contributed by atoms with van der Waals surface area (Å²) in [6.45, 7) is 2.21. The summed E-state index contributed by atoms with van der Waals surface area (Å²) < 4.78 is 42.1. The third-order valence-electron chi connectivity index (χ3n) is 8.51. The minimum Gasteiger partial charge on any atom is -0.481 e. The first-order chi connectivity index (χ1) is 15.9. The van der Waals surface area contributed by atoms with E-state index < -0.39 is 34.8 Å². The van der Waals surface area contributed by atoms with Crippen LogP contribution in [0.2, 0.25) is 0 Å². The fourth-order valence-electron chi connectivity index (χ4n) is 6.68. The number of unbranched alkanes of at least 4 members (excludes halogenated alkanes) is 6. The first-order valence-corrected chi connectivity index (χ1v) is 13.3. The number of hydrogen-bond acceptors (Lipinski definition) is 1. The lowest BCUT2D eigenvalue weighted by Crippen LogP contribution is -2.48. The van der Waals surface area contributed by atoms with Gasteiger partial charge in [0.25, 0.3) is 0 Å². The zero-order valence-electron chi connectivity index (χ0n) is 20.2. The van der Waals surface area contributed by atoms with Gasteiger partial charge in [-0.25, -0.2) is 13.2 Å². The van der Waals surface area contributed by atoms with Gasteiger partial charge in [0.2, 0.25) is 0 Å². The molecule has 0 saturated heterocycles. The van der Waals surface area contributed by atoms with Crippen LogP contribution in [0, 0.1) is 34.7 Å². The Morgan fingerprint density at radius 1 is 0.939 bits per heavy atom. The molecule has 0 aliphatic heterocycles. The summed E-state index contributed by atoms with van der Waals surface area (Å²) in [6.07, 6.45) is 16.4. The van der Waals surface area contributed by atoms with Gasteiger partial charge in [0.05, 0.1) is 5.41 Å². The summed E-state index contributed by atoms with van der Waals surface area (Å²) in [5.41, 5.74) is -0.697. The van der Waals surface area contributed by atoms with Gasteiger partial charge in [-0.2, -0.15) is 0 Å². The van der Waals surface area contributed by atoms with Gasteiger partial charge in [-0.05, 0) is 61.6 Å². The third-order valence-corrected chi connectivity index (χ3v) is 8.51. The highest BCUT2D eigenvalue weighted by molar-refractivity contribution is 5.77. The smallest absolute Gasteiger partial charge is 0.310 e. The Balaban J connectivity index is 1.79. The Morgan fingerprint density at radius 3 is 2.15 bits per heavy atom. The highest BCUT2D eigenvalue weighted by Crippen LogP contribution is 2.57. The molecular weight excluding hydrogens is 425 g/mol. The predicted molar refractivity (Wildman–Crippen MR) is 126 cm³/mol. The molecule has 5 heteroatoms. The molecule has 0 spiro atoms. The topological polar surface area (TPSA) is 37.3 Å². The molecule has 2 aliphatic rings. The van der Waals surface area contributed by atoms with Crippen molar-refractivity contribution >= 4 is 5.97 Å². The van der Waals surface area contributed by atoms with E-state index >= 15 is 0 Å². The number of hydrogen-bond donors (Lipinski definition) is 1. The van der Waals surface area contributed by atoms with Crippen LogP contribution in [0.5, 0.6) is 0 Å². The van der Waals surface area contributed by atoms with Crippen molar-refractivity contribution in [2.45, 2.75) is 116 Å². The number of benzene rings is 1. The minimum absolute atomic E-state index is 0.00411. The van der Waals surface area contributed by atoms with Crippen molar-refractivity contribution in [2.24, 2.45) is 17.3 Å². The Morgan fingerprint density at radius 2 is 1.55 bits per heavy atom. The standard InChI is InChI=1S/C28H41F3O2/c1-2-3-4-5-6-7-9-12-20-15-16-28(27(32)33,22-13-10-8-11-14-22)23(17-20)21-18-24(29)26(31)25(30)19-21/h18-20,22-23H,2-17H2,1H3,(H,32,33)/t20-,23?,28-/m1/s1. The maximum Gasteiger partial charge on any atom is 0.310 e. The second-order valence-corrected chi connectivity index (χ2v) is 10.6. The summed E-state index contributed by atoms with van der Waals surface area (Å²) in [5.74, 6) is -4.90. The van der Waals surface area contributed by atoms with Crippen LogP contribution < -0.4 is 0 Å². The van der Waals surface area contributed by atoms with Crippen molar-refractivity contribution in [3.8, 4) is 0 Å². The van der Waals surface area contributed by atoms with E-state index in [9.17, 15) is 23.1 Å². The summed E-state index contributed by atoms with van der Waals surface area (Å²) in [6, 6.07) is 2.11. The zero-order valence-corrected chi connectivity index (χ0v) is 20.2. The molecule has 0 heterocycles. The molecule has 0 radical (unpaired) electrons. The Bertz CT molecular complexity index is 751. The van der Waals surface area contributed by atoms with Crippen LogP contribution in [0.1, 0.15) is 121 Å². The SMILES string of the molecule is CCCCCCCCC[C@@H]1CC[C@@](C(=O)O)(C2CCCCC2)C(c2cc(F)c(F)c(F)c2)C1. The Hall–Kier alpha value is -1.52. The second-order valence-electron chi connectivity index (χ2n) is 10.6. The lowest BCUT2D eigenvalue weighted by atomic mass is 9.53. The van der Waals surface area contributed by atoms with E-state index in [-0.39, 0.29) is 5.92 Å². The first kappa shape index (κ1) is 26.1. The molecule has 0 amide bonds. The number of halogens is 3. The normalized spacial score (nSPS) is 26.4. The van der Waals surface area contributed by atoms with Crippen molar-refractivity contribution in [1.82, 2.24) is 0 Å².